The monoisotopic (exact) mass is 304 g/mol. The number of alkyl carbamates (subject to hydrolysis) is 1. The van der Waals surface area contributed by atoms with Crippen LogP contribution >= 0.6 is 0 Å². The van der Waals surface area contributed by atoms with E-state index in [0.717, 1.165) is 19.3 Å². The summed E-state index contributed by atoms with van der Waals surface area (Å²) in [6.07, 6.45) is 2.77. The molecule has 1 aliphatic carbocycles. The molecule has 0 saturated carbocycles. The summed E-state index contributed by atoms with van der Waals surface area (Å²) < 4.78 is 5.28. The van der Waals surface area contributed by atoms with E-state index in [1.54, 1.807) is 0 Å². The van der Waals surface area contributed by atoms with Crippen LogP contribution in [0.3, 0.4) is 0 Å². The Morgan fingerprint density at radius 2 is 1.86 bits per heavy atom. The first-order chi connectivity index (χ1) is 10.4. The summed E-state index contributed by atoms with van der Waals surface area (Å²) in [6, 6.07) is 9.34. The molecule has 1 aromatic carbocycles. The van der Waals surface area contributed by atoms with E-state index in [1.165, 1.54) is 11.1 Å². The summed E-state index contributed by atoms with van der Waals surface area (Å²) in [5.74, 6) is 0. The number of hydrogen-bond acceptors (Lipinski definition) is 3. The molecule has 2 rings (SSSR count). The van der Waals surface area contributed by atoms with E-state index in [4.69, 9.17) is 4.74 Å². The Hall–Kier alpha value is -1.55. The van der Waals surface area contributed by atoms with E-state index in [0.29, 0.717) is 12.6 Å². The summed E-state index contributed by atoms with van der Waals surface area (Å²) in [7, 11) is 0. The van der Waals surface area contributed by atoms with Crippen molar-refractivity contribution in [1.29, 1.82) is 0 Å². The second-order valence-electron chi connectivity index (χ2n) is 7.03. The lowest BCUT2D eigenvalue weighted by atomic mass is 10.1. The standard InChI is InChI=1S/C18H28N2O2/c1-5-15(12-19-17(21)22-18(2,3)4)20-16-10-13-8-6-7-9-14(13)11-16/h6-9,15-16,20H,5,10-12H2,1-4H3,(H,19,21). The molecular weight excluding hydrogens is 276 g/mol. The van der Waals surface area contributed by atoms with Crippen molar-refractivity contribution in [3.05, 3.63) is 35.4 Å². The van der Waals surface area contributed by atoms with E-state index in [2.05, 4.69) is 41.8 Å². The van der Waals surface area contributed by atoms with Crippen LogP contribution < -0.4 is 10.6 Å². The molecule has 0 aromatic heterocycles. The minimum absolute atomic E-state index is 0.270. The van der Waals surface area contributed by atoms with Crippen LogP contribution in [0.4, 0.5) is 4.79 Å². The van der Waals surface area contributed by atoms with Crippen LogP contribution in [0.5, 0.6) is 0 Å². The van der Waals surface area contributed by atoms with Crippen LogP contribution in [0.2, 0.25) is 0 Å². The van der Waals surface area contributed by atoms with Crippen molar-refractivity contribution in [3.63, 3.8) is 0 Å². The first-order valence-electron chi connectivity index (χ1n) is 8.17. The molecule has 1 aliphatic rings. The van der Waals surface area contributed by atoms with Gasteiger partial charge in [0, 0.05) is 18.6 Å². The molecule has 1 amide bonds. The zero-order chi connectivity index (χ0) is 16.2. The Morgan fingerprint density at radius 1 is 1.27 bits per heavy atom. The smallest absolute Gasteiger partial charge is 0.407 e. The van der Waals surface area contributed by atoms with Gasteiger partial charge < -0.3 is 15.4 Å². The number of fused-ring (bicyclic) bond motifs is 1. The Kier molecular flexibility index (Phi) is 5.46. The Balaban J connectivity index is 1.78. The third kappa shape index (κ3) is 5.02. The molecule has 22 heavy (non-hydrogen) atoms. The van der Waals surface area contributed by atoms with Gasteiger partial charge in [0.25, 0.3) is 0 Å². The molecule has 1 atom stereocenters. The van der Waals surface area contributed by atoms with Gasteiger partial charge in [-0.15, -0.1) is 0 Å². The molecule has 2 N–H and O–H groups in total. The summed E-state index contributed by atoms with van der Waals surface area (Å²) in [5.41, 5.74) is 2.43. The van der Waals surface area contributed by atoms with Gasteiger partial charge in [-0.25, -0.2) is 4.79 Å². The fraction of sp³-hybridized carbons (Fsp3) is 0.611. The summed E-state index contributed by atoms with van der Waals surface area (Å²) in [4.78, 5) is 11.7. The minimum Gasteiger partial charge on any atom is -0.444 e. The molecular formula is C18H28N2O2. The van der Waals surface area contributed by atoms with Crippen molar-refractivity contribution in [3.8, 4) is 0 Å². The number of nitrogens with one attached hydrogen (secondary N) is 2. The average molecular weight is 304 g/mol. The number of rotatable bonds is 5. The molecule has 4 nitrogen and oxygen atoms in total. The molecule has 122 valence electrons. The average Bonchev–Trinajstić information content (AvgIpc) is 2.83. The van der Waals surface area contributed by atoms with Crippen molar-refractivity contribution in [2.75, 3.05) is 6.54 Å². The third-order valence-corrected chi connectivity index (χ3v) is 3.91. The molecule has 0 fully saturated rings. The van der Waals surface area contributed by atoms with Gasteiger partial charge in [0.15, 0.2) is 0 Å². The maximum Gasteiger partial charge on any atom is 0.407 e. The number of ether oxygens (including phenoxy) is 1. The van der Waals surface area contributed by atoms with Crippen molar-refractivity contribution in [2.24, 2.45) is 0 Å². The topological polar surface area (TPSA) is 50.4 Å². The molecule has 0 saturated heterocycles. The van der Waals surface area contributed by atoms with Gasteiger partial charge in [-0.1, -0.05) is 31.2 Å². The molecule has 0 aliphatic heterocycles. The highest BCUT2D eigenvalue weighted by atomic mass is 16.6. The van der Waals surface area contributed by atoms with Crippen molar-refractivity contribution >= 4 is 6.09 Å². The van der Waals surface area contributed by atoms with Gasteiger partial charge in [0.1, 0.15) is 5.60 Å². The first kappa shape index (κ1) is 16.8. The highest BCUT2D eigenvalue weighted by Gasteiger charge is 2.23. The zero-order valence-electron chi connectivity index (χ0n) is 14.1. The van der Waals surface area contributed by atoms with E-state index in [9.17, 15) is 4.79 Å². The first-order valence-corrected chi connectivity index (χ1v) is 8.17. The van der Waals surface area contributed by atoms with Gasteiger partial charge in [-0.2, -0.15) is 0 Å². The molecule has 0 heterocycles. The van der Waals surface area contributed by atoms with E-state index < -0.39 is 5.60 Å². The second-order valence-corrected chi connectivity index (χ2v) is 7.03. The van der Waals surface area contributed by atoms with Crippen LogP contribution in [0, 0.1) is 0 Å². The van der Waals surface area contributed by atoms with E-state index in [1.807, 2.05) is 20.8 Å². The van der Waals surface area contributed by atoms with Gasteiger partial charge in [0.05, 0.1) is 0 Å². The summed E-state index contributed by atoms with van der Waals surface area (Å²) in [6.45, 7) is 8.35. The third-order valence-electron chi connectivity index (χ3n) is 3.91. The van der Waals surface area contributed by atoms with Crippen LogP contribution in [-0.2, 0) is 17.6 Å². The van der Waals surface area contributed by atoms with Crippen LogP contribution in [0.1, 0.15) is 45.2 Å². The normalized spacial score (nSPS) is 16.2. The van der Waals surface area contributed by atoms with Crippen molar-refractivity contribution in [1.82, 2.24) is 10.6 Å². The number of carbonyl (C=O) groups excluding carboxylic acids is 1. The van der Waals surface area contributed by atoms with Crippen LogP contribution in [-0.4, -0.2) is 30.3 Å². The Morgan fingerprint density at radius 3 is 2.36 bits per heavy atom. The van der Waals surface area contributed by atoms with Crippen LogP contribution in [0.15, 0.2) is 24.3 Å². The minimum atomic E-state index is -0.452. The number of benzene rings is 1. The zero-order valence-corrected chi connectivity index (χ0v) is 14.1. The van der Waals surface area contributed by atoms with Crippen molar-refractivity contribution in [2.45, 2.75) is 64.6 Å². The van der Waals surface area contributed by atoms with Gasteiger partial charge in [-0.3, -0.25) is 0 Å². The lowest BCUT2D eigenvalue weighted by molar-refractivity contribution is 0.0521. The van der Waals surface area contributed by atoms with Gasteiger partial charge >= 0.3 is 6.09 Å². The summed E-state index contributed by atoms with van der Waals surface area (Å²) in [5, 5.41) is 6.52. The van der Waals surface area contributed by atoms with Gasteiger partial charge in [-0.05, 0) is 51.2 Å². The quantitative estimate of drug-likeness (QED) is 0.879. The Labute approximate surface area is 133 Å². The molecule has 1 unspecified atom stereocenters. The number of amides is 1. The van der Waals surface area contributed by atoms with Gasteiger partial charge in [0.2, 0.25) is 0 Å². The second kappa shape index (κ2) is 7.14. The number of hydrogen-bond donors (Lipinski definition) is 2. The molecule has 0 spiro atoms. The molecule has 0 bridgehead atoms. The predicted molar refractivity (Wildman–Crippen MR) is 89.1 cm³/mol. The maximum absolute atomic E-state index is 11.7. The van der Waals surface area contributed by atoms with Crippen molar-refractivity contribution < 1.29 is 9.53 Å². The maximum atomic E-state index is 11.7. The largest absolute Gasteiger partial charge is 0.444 e. The highest BCUT2D eigenvalue weighted by molar-refractivity contribution is 5.67. The lowest BCUT2D eigenvalue weighted by Crippen LogP contribution is -2.46. The lowest BCUT2D eigenvalue weighted by Gasteiger charge is -2.24. The van der Waals surface area contributed by atoms with Crippen LogP contribution in [0.25, 0.3) is 0 Å². The molecule has 1 aromatic rings. The summed E-state index contributed by atoms with van der Waals surface area (Å²) >= 11 is 0. The van der Waals surface area contributed by atoms with E-state index in [-0.39, 0.29) is 12.1 Å². The fourth-order valence-electron chi connectivity index (χ4n) is 2.85. The SMILES string of the molecule is CCC(CNC(=O)OC(C)(C)C)NC1Cc2ccccc2C1. The Bertz CT molecular complexity index is 483. The fourth-order valence-corrected chi connectivity index (χ4v) is 2.85. The number of carbonyl (C=O) groups is 1. The molecule has 4 heteroatoms. The predicted octanol–water partition coefficient (Wildman–Crippen LogP) is 3.05. The van der Waals surface area contributed by atoms with E-state index >= 15 is 0 Å². The highest BCUT2D eigenvalue weighted by Crippen LogP contribution is 2.22. The molecule has 0 radical (unpaired) electrons.